The molecule has 1 aromatic carbocycles. The summed E-state index contributed by atoms with van der Waals surface area (Å²) in [5.41, 5.74) is 3.25. The summed E-state index contributed by atoms with van der Waals surface area (Å²) in [6.07, 6.45) is -1.96. The number of hydrogen-bond donors (Lipinski definition) is 2. The second kappa shape index (κ2) is 9.10. The van der Waals surface area contributed by atoms with Gasteiger partial charge in [-0.1, -0.05) is 23.8 Å². The molecule has 3 aromatic rings. The van der Waals surface area contributed by atoms with Crippen molar-refractivity contribution in [3.8, 4) is 0 Å². The number of aromatic nitrogens is 2. The molecule has 31 heavy (non-hydrogen) atoms. The molecule has 4 rings (SSSR count). The van der Waals surface area contributed by atoms with Crippen LogP contribution >= 0.6 is 11.3 Å². The fourth-order valence-corrected chi connectivity index (χ4v) is 5.06. The van der Waals surface area contributed by atoms with Crippen molar-refractivity contribution in [1.82, 2.24) is 14.9 Å². The molecule has 0 atom stereocenters. The zero-order chi connectivity index (χ0) is 22.0. The summed E-state index contributed by atoms with van der Waals surface area (Å²) < 4.78 is 38.2. The lowest BCUT2D eigenvalue weighted by molar-refractivity contribution is -0.126. The number of anilines is 1. The third-order valence-corrected chi connectivity index (χ3v) is 6.65. The number of benzene rings is 1. The Labute approximate surface area is 182 Å². The van der Waals surface area contributed by atoms with Crippen molar-refractivity contribution in [2.75, 3.05) is 18.4 Å². The van der Waals surface area contributed by atoms with E-state index in [9.17, 15) is 18.3 Å². The zero-order valence-electron chi connectivity index (χ0n) is 17.2. The Bertz CT molecular complexity index is 1040. The zero-order valence-corrected chi connectivity index (χ0v) is 18.1. The highest BCUT2D eigenvalue weighted by molar-refractivity contribution is 7.18. The molecular weight excluding hydrogens is 425 g/mol. The Hall–Kier alpha value is -2.23. The van der Waals surface area contributed by atoms with Gasteiger partial charge in [0.25, 0.3) is 0 Å². The quantitative estimate of drug-likeness (QED) is 0.571. The lowest BCUT2D eigenvalue weighted by atomic mass is 10.0. The van der Waals surface area contributed by atoms with Gasteiger partial charge in [0, 0.05) is 30.6 Å². The summed E-state index contributed by atoms with van der Waals surface area (Å²) in [6, 6.07) is 7.93. The van der Waals surface area contributed by atoms with E-state index < -0.39 is 12.6 Å². The lowest BCUT2D eigenvalue weighted by Crippen LogP contribution is -2.39. The summed E-state index contributed by atoms with van der Waals surface area (Å²) >= 11 is 1.07. The first-order valence-corrected chi connectivity index (χ1v) is 11.1. The number of likely N-dealkylation sites (tertiary alicyclic amines) is 1. The molecule has 0 amide bonds. The average Bonchev–Trinajstić information content (AvgIpc) is 3.12. The Balaban J connectivity index is 1.38. The van der Waals surface area contributed by atoms with Crippen molar-refractivity contribution in [1.29, 1.82) is 0 Å². The SMILES string of the molecule is Cc1ccc(CN2CCC(Nc3ncnc4sc(CC(F)(F)F)cc34)CC2)c(CO)c1. The first kappa shape index (κ1) is 22.0. The summed E-state index contributed by atoms with van der Waals surface area (Å²) in [6.45, 7) is 4.65. The monoisotopic (exact) mass is 450 g/mol. The highest BCUT2D eigenvalue weighted by Gasteiger charge is 2.29. The third kappa shape index (κ3) is 5.53. The highest BCUT2D eigenvalue weighted by Crippen LogP contribution is 2.33. The molecule has 2 N–H and O–H groups in total. The minimum Gasteiger partial charge on any atom is -0.392 e. The number of aliphatic hydroxyl groups excluding tert-OH is 1. The Morgan fingerprint density at radius 1 is 1.16 bits per heavy atom. The Kier molecular flexibility index (Phi) is 6.45. The maximum atomic E-state index is 12.7. The number of nitrogens with zero attached hydrogens (tertiary/aromatic N) is 3. The number of fused-ring (bicyclic) bond motifs is 1. The number of hydrogen-bond acceptors (Lipinski definition) is 6. The second-order valence-corrected chi connectivity index (χ2v) is 9.19. The van der Waals surface area contributed by atoms with E-state index in [-0.39, 0.29) is 17.5 Å². The molecule has 0 aliphatic carbocycles. The van der Waals surface area contributed by atoms with Gasteiger partial charge in [0.2, 0.25) is 0 Å². The first-order valence-electron chi connectivity index (χ1n) is 10.3. The van der Waals surface area contributed by atoms with Crippen LogP contribution in [0.3, 0.4) is 0 Å². The molecule has 9 heteroatoms. The largest absolute Gasteiger partial charge is 0.393 e. The summed E-state index contributed by atoms with van der Waals surface area (Å²) in [5, 5.41) is 13.7. The molecule has 5 nitrogen and oxygen atoms in total. The van der Waals surface area contributed by atoms with Crippen LogP contribution in [0.25, 0.3) is 10.2 Å². The van der Waals surface area contributed by atoms with Crippen LogP contribution in [0.1, 0.15) is 34.4 Å². The number of alkyl halides is 3. The van der Waals surface area contributed by atoms with Crippen LogP contribution in [0.15, 0.2) is 30.6 Å². The molecule has 0 spiro atoms. The maximum Gasteiger partial charge on any atom is 0.393 e. The number of nitrogens with one attached hydrogen (secondary N) is 1. The average molecular weight is 451 g/mol. The molecule has 0 unspecified atom stereocenters. The summed E-state index contributed by atoms with van der Waals surface area (Å²) in [7, 11) is 0. The van der Waals surface area contributed by atoms with Crippen LogP contribution in [0.4, 0.5) is 19.0 Å². The summed E-state index contributed by atoms with van der Waals surface area (Å²) in [4.78, 5) is 11.6. The van der Waals surface area contributed by atoms with Gasteiger partial charge in [0.1, 0.15) is 17.0 Å². The molecule has 166 valence electrons. The van der Waals surface area contributed by atoms with Gasteiger partial charge in [0.15, 0.2) is 0 Å². The molecule has 1 aliphatic heterocycles. The van der Waals surface area contributed by atoms with Gasteiger partial charge in [-0.05, 0) is 37.0 Å². The number of halogens is 3. The van der Waals surface area contributed by atoms with Crippen LogP contribution < -0.4 is 5.32 Å². The van der Waals surface area contributed by atoms with Crippen LogP contribution in [-0.4, -0.2) is 45.3 Å². The number of thiophene rings is 1. The van der Waals surface area contributed by atoms with Crippen molar-refractivity contribution >= 4 is 27.4 Å². The van der Waals surface area contributed by atoms with Gasteiger partial charge >= 0.3 is 6.18 Å². The third-order valence-electron chi connectivity index (χ3n) is 5.61. The molecule has 1 fully saturated rings. The van der Waals surface area contributed by atoms with E-state index in [4.69, 9.17) is 0 Å². The van der Waals surface area contributed by atoms with E-state index >= 15 is 0 Å². The number of aryl methyl sites for hydroxylation is 1. The molecule has 0 radical (unpaired) electrons. The first-order chi connectivity index (χ1) is 14.8. The molecule has 1 aliphatic rings. The van der Waals surface area contributed by atoms with E-state index in [1.807, 2.05) is 13.0 Å². The molecule has 1 saturated heterocycles. The minimum absolute atomic E-state index is 0.0374. The van der Waals surface area contributed by atoms with Crippen LogP contribution in [0.5, 0.6) is 0 Å². The smallest absolute Gasteiger partial charge is 0.392 e. The van der Waals surface area contributed by atoms with Crippen molar-refractivity contribution in [2.24, 2.45) is 0 Å². The predicted molar refractivity (Wildman–Crippen MR) is 116 cm³/mol. The highest BCUT2D eigenvalue weighted by atomic mass is 32.1. The fraction of sp³-hybridized carbons (Fsp3) is 0.455. The van der Waals surface area contributed by atoms with E-state index in [1.165, 1.54) is 6.33 Å². The molecular formula is C22H25F3N4OS. The number of aliphatic hydroxyl groups is 1. The van der Waals surface area contributed by atoms with Crippen LogP contribution in [0, 0.1) is 6.92 Å². The van der Waals surface area contributed by atoms with Gasteiger partial charge in [-0.2, -0.15) is 13.2 Å². The molecule has 2 aromatic heterocycles. The van der Waals surface area contributed by atoms with Crippen molar-refractivity contribution in [2.45, 2.75) is 51.6 Å². The second-order valence-electron chi connectivity index (χ2n) is 8.07. The summed E-state index contributed by atoms with van der Waals surface area (Å²) in [5.74, 6) is 0.606. The standard InChI is InChI=1S/C22H25F3N4OS/c1-14-2-3-15(16(8-14)12-30)11-29-6-4-17(5-7-29)28-20-19-9-18(10-22(23,24)25)31-21(19)27-13-26-20/h2-3,8-9,13,17,30H,4-7,10-12H2,1H3,(H,26,27,28). The van der Waals surface area contributed by atoms with Crippen LogP contribution in [-0.2, 0) is 19.6 Å². The van der Waals surface area contributed by atoms with E-state index in [0.717, 1.165) is 60.5 Å². The predicted octanol–water partition coefficient (Wildman–Crippen LogP) is 4.67. The molecule has 3 heterocycles. The van der Waals surface area contributed by atoms with Gasteiger partial charge in [-0.15, -0.1) is 11.3 Å². The van der Waals surface area contributed by atoms with E-state index in [1.54, 1.807) is 6.07 Å². The van der Waals surface area contributed by atoms with E-state index in [0.29, 0.717) is 16.0 Å². The maximum absolute atomic E-state index is 12.7. The van der Waals surface area contributed by atoms with Gasteiger partial charge in [0.05, 0.1) is 18.4 Å². The number of piperidine rings is 1. The Morgan fingerprint density at radius 3 is 2.65 bits per heavy atom. The molecule has 0 bridgehead atoms. The van der Waals surface area contributed by atoms with Crippen molar-refractivity contribution in [3.63, 3.8) is 0 Å². The normalized spacial score (nSPS) is 16.2. The lowest BCUT2D eigenvalue weighted by Gasteiger charge is -2.33. The van der Waals surface area contributed by atoms with Crippen molar-refractivity contribution in [3.05, 3.63) is 52.2 Å². The minimum atomic E-state index is -4.23. The Morgan fingerprint density at radius 2 is 1.94 bits per heavy atom. The van der Waals surface area contributed by atoms with Crippen LogP contribution in [0.2, 0.25) is 0 Å². The van der Waals surface area contributed by atoms with E-state index in [2.05, 4.69) is 32.3 Å². The number of rotatable bonds is 6. The topological polar surface area (TPSA) is 61.3 Å². The fourth-order valence-electron chi connectivity index (χ4n) is 4.03. The molecule has 0 saturated carbocycles. The van der Waals surface area contributed by atoms with Gasteiger partial charge in [-0.3, -0.25) is 4.90 Å². The van der Waals surface area contributed by atoms with Gasteiger partial charge in [-0.25, -0.2) is 9.97 Å². The van der Waals surface area contributed by atoms with Gasteiger partial charge < -0.3 is 10.4 Å². The van der Waals surface area contributed by atoms with Crippen molar-refractivity contribution < 1.29 is 18.3 Å².